The number of thioether (sulfide) groups is 1. The summed E-state index contributed by atoms with van der Waals surface area (Å²) in [4.78, 5) is 13.5. The number of rotatable bonds is 5. The first kappa shape index (κ1) is 14.6. The molecule has 0 fully saturated rings. The fourth-order valence-corrected chi connectivity index (χ4v) is 2.84. The maximum absolute atomic E-state index is 12.1. The molecule has 2 nitrogen and oxygen atoms in total. The van der Waals surface area contributed by atoms with Crippen LogP contribution in [0.2, 0.25) is 0 Å². The fraction of sp³-hybridized carbons (Fsp3) is 0.462. The van der Waals surface area contributed by atoms with Gasteiger partial charge in [0, 0.05) is 15.8 Å². The molecule has 4 heteroatoms. The zero-order valence-electron chi connectivity index (χ0n) is 10.4. The highest BCUT2D eigenvalue weighted by atomic mass is 79.9. The second-order valence-corrected chi connectivity index (χ2v) is 6.50. The molecule has 0 spiro atoms. The van der Waals surface area contributed by atoms with Crippen molar-refractivity contribution in [1.29, 1.82) is 0 Å². The van der Waals surface area contributed by atoms with Crippen molar-refractivity contribution >= 4 is 33.6 Å². The van der Waals surface area contributed by atoms with Crippen LogP contribution in [0, 0.1) is 0 Å². The van der Waals surface area contributed by atoms with E-state index in [1.807, 2.05) is 37.4 Å². The molecule has 1 aromatic rings. The molecule has 0 saturated heterocycles. The number of alkyl halides is 1. The maximum atomic E-state index is 12.1. The lowest BCUT2D eigenvalue weighted by molar-refractivity contribution is 0.0936. The first-order valence-corrected chi connectivity index (χ1v) is 7.76. The molecule has 0 bridgehead atoms. The first-order valence-electron chi connectivity index (χ1n) is 5.62. The zero-order chi connectivity index (χ0) is 12.8. The standard InChI is InChI=1S/C13H18BrNOS/c1-9(14)8-10(2)15-13(16)11-6-4-5-7-12(11)17-3/h4-7,9-10H,8H2,1-3H3,(H,15,16). The largest absolute Gasteiger partial charge is 0.350 e. The molecule has 2 atom stereocenters. The number of nitrogens with one attached hydrogen (secondary N) is 1. The number of amides is 1. The van der Waals surface area contributed by atoms with Crippen LogP contribution in [0.25, 0.3) is 0 Å². The van der Waals surface area contributed by atoms with Crippen LogP contribution in [-0.2, 0) is 0 Å². The summed E-state index contributed by atoms with van der Waals surface area (Å²) in [5, 5.41) is 3.02. The van der Waals surface area contributed by atoms with Crippen LogP contribution < -0.4 is 5.32 Å². The third-order valence-corrected chi connectivity index (χ3v) is 3.58. The van der Waals surface area contributed by atoms with Gasteiger partial charge in [-0.1, -0.05) is 35.0 Å². The van der Waals surface area contributed by atoms with E-state index in [2.05, 4.69) is 28.2 Å². The Morgan fingerprint density at radius 3 is 2.65 bits per heavy atom. The second kappa shape index (κ2) is 7.07. The van der Waals surface area contributed by atoms with Crippen LogP contribution in [0.5, 0.6) is 0 Å². The summed E-state index contributed by atoms with van der Waals surface area (Å²) in [6.07, 6.45) is 2.91. The molecule has 1 amide bonds. The van der Waals surface area contributed by atoms with E-state index in [4.69, 9.17) is 0 Å². The van der Waals surface area contributed by atoms with E-state index in [-0.39, 0.29) is 11.9 Å². The quantitative estimate of drug-likeness (QED) is 0.663. The van der Waals surface area contributed by atoms with Crippen molar-refractivity contribution in [3.63, 3.8) is 0 Å². The molecule has 0 aliphatic rings. The van der Waals surface area contributed by atoms with Gasteiger partial charge in [0.05, 0.1) is 5.56 Å². The molecule has 0 saturated carbocycles. The molecule has 0 aliphatic carbocycles. The Morgan fingerprint density at radius 1 is 1.41 bits per heavy atom. The van der Waals surface area contributed by atoms with Gasteiger partial charge in [-0.2, -0.15) is 0 Å². The summed E-state index contributed by atoms with van der Waals surface area (Å²) in [7, 11) is 0. The van der Waals surface area contributed by atoms with Crippen molar-refractivity contribution in [3.05, 3.63) is 29.8 Å². The Kier molecular flexibility index (Phi) is 6.06. The van der Waals surface area contributed by atoms with Crippen LogP contribution in [0.3, 0.4) is 0 Å². The monoisotopic (exact) mass is 315 g/mol. The van der Waals surface area contributed by atoms with Gasteiger partial charge in [0.15, 0.2) is 0 Å². The Morgan fingerprint density at radius 2 is 2.06 bits per heavy atom. The summed E-state index contributed by atoms with van der Waals surface area (Å²) in [6.45, 7) is 4.11. The van der Waals surface area contributed by atoms with E-state index in [9.17, 15) is 4.79 Å². The zero-order valence-corrected chi connectivity index (χ0v) is 12.8. The third kappa shape index (κ3) is 4.72. The molecular weight excluding hydrogens is 298 g/mol. The summed E-state index contributed by atoms with van der Waals surface area (Å²) < 4.78 is 0. The van der Waals surface area contributed by atoms with Gasteiger partial charge in [-0.3, -0.25) is 4.79 Å². The smallest absolute Gasteiger partial charge is 0.252 e. The normalized spacial score (nSPS) is 14.1. The van der Waals surface area contributed by atoms with Crippen LogP contribution in [0.4, 0.5) is 0 Å². The van der Waals surface area contributed by atoms with Crippen molar-refractivity contribution in [3.8, 4) is 0 Å². The molecule has 0 aromatic heterocycles. The molecule has 1 rings (SSSR count). The van der Waals surface area contributed by atoms with Crippen molar-refractivity contribution in [1.82, 2.24) is 5.32 Å². The Bertz CT molecular complexity index is 381. The van der Waals surface area contributed by atoms with Gasteiger partial charge in [-0.25, -0.2) is 0 Å². The highest BCUT2D eigenvalue weighted by Crippen LogP contribution is 2.20. The second-order valence-electron chi connectivity index (χ2n) is 4.09. The summed E-state index contributed by atoms with van der Waals surface area (Å²) in [5.74, 6) is 0.00981. The minimum absolute atomic E-state index is 0.00981. The first-order chi connectivity index (χ1) is 8.04. The molecule has 94 valence electrons. The number of carbonyl (C=O) groups excluding carboxylic acids is 1. The maximum Gasteiger partial charge on any atom is 0.252 e. The number of benzene rings is 1. The Labute approximate surface area is 116 Å². The molecule has 0 heterocycles. The van der Waals surface area contributed by atoms with Gasteiger partial charge in [0.25, 0.3) is 5.91 Å². The summed E-state index contributed by atoms with van der Waals surface area (Å²) >= 11 is 5.09. The van der Waals surface area contributed by atoms with Crippen molar-refractivity contribution < 1.29 is 4.79 Å². The molecule has 0 aliphatic heterocycles. The number of carbonyl (C=O) groups is 1. The van der Waals surface area contributed by atoms with E-state index in [1.54, 1.807) is 11.8 Å². The average Bonchev–Trinajstić information content (AvgIpc) is 2.27. The summed E-state index contributed by atoms with van der Waals surface area (Å²) in [5.41, 5.74) is 0.758. The van der Waals surface area contributed by atoms with E-state index in [0.29, 0.717) is 4.83 Å². The molecule has 0 radical (unpaired) electrons. The topological polar surface area (TPSA) is 29.1 Å². The lowest BCUT2D eigenvalue weighted by Gasteiger charge is -2.16. The lowest BCUT2D eigenvalue weighted by Crippen LogP contribution is -2.34. The highest BCUT2D eigenvalue weighted by Gasteiger charge is 2.13. The highest BCUT2D eigenvalue weighted by molar-refractivity contribution is 9.09. The predicted molar refractivity (Wildman–Crippen MR) is 78.2 cm³/mol. The van der Waals surface area contributed by atoms with Crippen LogP contribution >= 0.6 is 27.7 Å². The molecule has 2 unspecified atom stereocenters. The van der Waals surface area contributed by atoms with Gasteiger partial charge in [-0.05, 0) is 31.7 Å². The fourth-order valence-electron chi connectivity index (χ4n) is 1.68. The van der Waals surface area contributed by atoms with Crippen molar-refractivity contribution in [2.45, 2.75) is 36.0 Å². The molecule has 1 N–H and O–H groups in total. The number of hydrogen-bond donors (Lipinski definition) is 1. The van der Waals surface area contributed by atoms with Crippen molar-refractivity contribution in [2.75, 3.05) is 6.26 Å². The lowest BCUT2D eigenvalue weighted by atomic mass is 10.1. The van der Waals surface area contributed by atoms with Gasteiger partial charge in [0.2, 0.25) is 0 Å². The van der Waals surface area contributed by atoms with E-state index in [1.165, 1.54) is 0 Å². The molecule has 17 heavy (non-hydrogen) atoms. The Balaban J connectivity index is 2.69. The number of halogens is 1. The van der Waals surface area contributed by atoms with Gasteiger partial charge < -0.3 is 5.32 Å². The van der Waals surface area contributed by atoms with Gasteiger partial charge in [0.1, 0.15) is 0 Å². The third-order valence-electron chi connectivity index (χ3n) is 2.41. The molecular formula is C13H18BrNOS. The Hall–Kier alpha value is -0.480. The number of hydrogen-bond acceptors (Lipinski definition) is 2. The molecule has 1 aromatic carbocycles. The summed E-state index contributed by atoms with van der Waals surface area (Å²) in [6, 6.07) is 7.86. The minimum Gasteiger partial charge on any atom is -0.350 e. The minimum atomic E-state index is 0.00981. The van der Waals surface area contributed by atoms with Crippen LogP contribution in [-0.4, -0.2) is 23.0 Å². The van der Waals surface area contributed by atoms with Crippen LogP contribution in [0.15, 0.2) is 29.2 Å². The van der Waals surface area contributed by atoms with Crippen LogP contribution in [0.1, 0.15) is 30.6 Å². The average molecular weight is 316 g/mol. The van der Waals surface area contributed by atoms with Crippen molar-refractivity contribution in [2.24, 2.45) is 0 Å². The van der Waals surface area contributed by atoms with Gasteiger partial charge >= 0.3 is 0 Å². The predicted octanol–water partition coefficient (Wildman–Crippen LogP) is 3.70. The van der Waals surface area contributed by atoms with E-state index >= 15 is 0 Å². The SMILES string of the molecule is CSc1ccccc1C(=O)NC(C)CC(C)Br. The van der Waals surface area contributed by atoms with Gasteiger partial charge in [-0.15, -0.1) is 11.8 Å². The van der Waals surface area contributed by atoms with E-state index in [0.717, 1.165) is 16.9 Å². The van der Waals surface area contributed by atoms with E-state index < -0.39 is 0 Å².